The molecule has 3 nitrogen and oxygen atoms in total. The minimum absolute atomic E-state index is 0.216. The van der Waals surface area contributed by atoms with E-state index in [1.54, 1.807) is 0 Å². The van der Waals surface area contributed by atoms with Crippen LogP contribution < -0.4 is 4.74 Å². The zero-order chi connectivity index (χ0) is 19.1. The Morgan fingerprint density at radius 3 is 2.26 bits per heavy atom. The quantitative estimate of drug-likeness (QED) is 0.641. The molecular formula is C24H31NO2. The molecule has 1 saturated carbocycles. The summed E-state index contributed by atoms with van der Waals surface area (Å²) in [6.07, 6.45) is 5.75. The number of hydrogen-bond acceptors (Lipinski definition) is 2. The molecule has 0 aromatic heterocycles. The highest BCUT2D eigenvalue weighted by Crippen LogP contribution is 2.27. The summed E-state index contributed by atoms with van der Waals surface area (Å²) in [5.74, 6) is 1.40. The molecule has 0 spiro atoms. The third kappa shape index (κ3) is 5.59. The first-order valence-corrected chi connectivity index (χ1v) is 10.2. The van der Waals surface area contributed by atoms with Crippen molar-refractivity contribution in [2.24, 2.45) is 5.92 Å². The van der Waals surface area contributed by atoms with Crippen LogP contribution in [0.2, 0.25) is 0 Å². The number of hydrogen-bond donors (Lipinski definition) is 0. The van der Waals surface area contributed by atoms with Crippen molar-refractivity contribution in [2.45, 2.75) is 65.1 Å². The van der Waals surface area contributed by atoms with Crippen LogP contribution in [0.15, 0.2) is 54.6 Å². The lowest BCUT2D eigenvalue weighted by Gasteiger charge is -2.32. The van der Waals surface area contributed by atoms with Gasteiger partial charge in [0.2, 0.25) is 5.91 Å². The summed E-state index contributed by atoms with van der Waals surface area (Å²) in [6, 6.07) is 18.5. The molecule has 1 fully saturated rings. The van der Waals surface area contributed by atoms with E-state index in [0.29, 0.717) is 19.1 Å². The number of benzene rings is 2. The lowest BCUT2D eigenvalue weighted by atomic mass is 9.88. The largest absolute Gasteiger partial charge is 0.489 e. The first-order valence-electron chi connectivity index (χ1n) is 10.2. The summed E-state index contributed by atoms with van der Waals surface area (Å²) in [5.41, 5.74) is 2.31. The van der Waals surface area contributed by atoms with E-state index < -0.39 is 0 Å². The monoisotopic (exact) mass is 365 g/mol. The molecule has 2 aromatic carbocycles. The second-order valence-corrected chi connectivity index (χ2v) is 7.81. The maximum absolute atomic E-state index is 13.0. The van der Waals surface area contributed by atoms with E-state index in [-0.39, 0.29) is 12.0 Å². The van der Waals surface area contributed by atoms with Crippen LogP contribution in [0.3, 0.4) is 0 Å². The Kier molecular flexibility index (Phi) is 6.92. The van der Waals surface area contributed by atoms with Gasteiger partial charge in [-0.3, -0.25) is 4.79 Å². The van der Waals surface area contributed by atoms with Crippen LogP contribution in [0, 0.1) is 5.92 Å². The molecule has 2 aromatic rings. The number of carbonyl (C=O) groups excluding carboxylic acids is 1. The number of ether oxygens (including phenoxy) is 1. The molecule has 1 aliphatic rings. The maximum atomic E-state index is 13.0. The molecule has 0 atom stereocenters. The Balaban J connectivity index is 1.58. The molecule has 3 heteroatoms. The molecule has 1 amide bonds. The molecule has 0 bridgehead atoms. The molecule has 144 valence electrons. The second kappa shape index (κ2) is 9.59. The molecule has 0 unspecified atom stereocenters. The van der Waals surface area contributed by atoms with Gasteiger partial charge in [-0.05, 0) is 49.9 Å². The number of amides is 1. The summed E-state index contributed by atoms with van der Waals surface area (Å²) in [7, 11) is 0. The molecular weight excluding hydrogens is 334 g/mol. The van der Waals surface area contributed by atoms with Crippen molar-refractivity contribution in [2.75, 3.05) is 0 Å². The van der Waals surface area contributed by atoms with E-state index in [0.717, 1.165) is 29.7 Å². The van der Waals surface area contributed by atoms with Crippen molar-refractivity contribution in [1.82, 2.24) is 4.90 Å². The molecule has 0 radical (unpaired) electrons. The zero-order valence-electron chi connectivity index (χ0n) is 16.6. The lowest BCUT2D eigenvalue weighted by molar-refractivity contribution is -0.139. The first-order chi connectivity index (χ1) is 13.1. The van der Waals surface area contributed by atoms with E-state index in [9.17, 15) is 4.79 Å². The van der Waals surface area contributed by atoms with Gasteiger partial charge in [-0.25, -0.2) is 0 Å². The van der Waals surface area contributed by atoms with Gasteiger partial charge >= 0.3 is 0 Å². The fraction of sp³-hybridized carbons (Fsp3) is 0.458. The Labute approximate surface area is 163 Å². The van der Waals surface area contributed by atoms with Crippen LogP contribution >= 0.6 is 0 Å². The fourth-order valence-corrected chi connectivity index (χ4v) is 3.73. The van der Waals surface area contributed by atoms with E-state index >= 15 is 0 Å². The molecule has 0 N–H and O–H groups in total. The van der Waals surface area contributed by atoms with Gasteiger partial charge in [0.05, 0.1) is 0 Å². The summed E-state index contributed by atoms with van der Waals surface area (Å²) in [6.45, 7) is 5.46. The second-order valence-electron chi connectivity index (χ2n) is 7.81. The van der Waals surface area contributed by atoms with Gasteiger partial charge in [-0.1, -0.05) is 61.7 Å². The third-order valence-corrected chi connectivity index (χ3v) is 5.39. The molecule has 0 heterocycles. The van der Waals surface area contributed by atoms with Crippen LogP contribution in [0.4, 0.5) is 0 Å². The van der Waals surface area contributed by atoms with Crippen LogP contribution in [-0.4, -0.2) is 16.8 Å². The van der Waals surface area contributed by atoms with E-state index in [2.05, 4.69) is 38.1 Å². The normalized spacial score (nSPS) is 14.9. The van der Waals surface area contributed by atoms with Crippen molar-refractivity contribution in [3.05, 3.63) is 65.7 Å². The summed E-state index contributed by atoms with van der Waals surface area (Å²) >= 11 is 0. The predicted molar refractivity (Wildman–Crippen MR) is 109 cm³/mol. The van der Waals surface area contributed by atoms with Crippen molar-refractivity contribution in [3.63, 3.8) is 0 Å². The van der Waals surface area contributed by atoms with Crippen LogP contribution in [0.25, 0.3) is 0 Å². The summed E-state index contributed by atoms with van der Waals surface area (Å²) in [4.78, 5) is 15.0. The van der Waals surface area contributed by atoms with E-state index in [1.807, 2.05) is 35.2 Å². The molecule has 0 aliphatic heterocycles. The molecule has 27 heavy (non-hydrogen) atoms. The highest BCUT2D eigenvalue weighted by Gasteiger charge is 2.27. The Bertz CT molecular complexity index is 703. The van der Waals surface area contributed by atoms with Gasteiger partial charge < -0.3 is 9.64 Å². The average molecular weight is 366 g/mol. The Morgan fingerprint density at radius 2 is 1.63 bits per heavy atom. The average Bonchev–Trinajstić information content (AvgIpc) is 2.72. The highest BCUT2D eigenvalue weighted by molar-refractivity contribution is 5.79. The van der Waals surface area contributed by atoms with Gasteiger partial charge in [0.1, 0.15) is 12.4 Å². The number of rotatable bonds is 7. The smallest absolute Gasteiger partial charge is 0.226 e. The van der Waals surface area contributed by atoms with Crippen molar-refractivity contribution >= 4 is 5.91 Å². The zero-order valence-corrected chi connectivity index (χ0v) is 16.6. The number of nitrogens with zero attached hydrogens (tertiary/aromatic N) is 1. The van der Waals surface area contributed by atoms with Crippen LogP contribution in [-0.2, 0) is 17.9 Å². The summed E-state index contributed by atoms with van der Waals surface area (Å²) in [5, 5.41) is 0. The molecule has 0 saturated heterocycles. The Morgan fingerprint density at radius 1 is 0.963 bits per heavy atom. The van der Waals surface area contributed by atoms with E-state index in [1.165, 1.54) is 19.3 Å². The predicted octanol–water partition coefficient (Wildman–Crippen LogP) is 5.58. The van der Waals surface area contributed by atoms with Crippen LogP contribution in [0.5, 0.6) is 5.75 Å². The molecule has 1 aliphatic carbocycles. The maximum Gasteiger partial charge on any atom is 0.226 e. The van der Waals surface area contributed by atoms with Crippen molar-refractivity contribution in [1.29, 1.82) is 0 Å². The highest BCUT2D eigenvalue weighted by atomic mass is 16.5. The van der Waals surface area contributed by atoms with Crippen LogP contribution in [0.1, 0.15) is 57.1 Å². The fourth-order valence-electron chi connectivity index (χ4n) is 3.73. The minimum Gasteiger partial charge on any atom is -0.489 e. The van der Waals surface area contributed by atoms with Crippen molar-refractivity contribution in [3.8, 4) is 5.75 Å². The van der Waals surface area contributed by atoms with Crippen molar-refractivity contribution < 1.29 is 9.53 Å². The standard InChI is InChI=1S/C24H31NO2/c1-19(2)25(24(26)22-11-7-4-8-12-22)17-20-13-15-23(16-14-20)27-18-21-9-5-3-6-10-21/h3,5-6,9-10,13-16,19,22H,4,7-8,11-12,17-18H2,1-2H3. The van der Waals surface area contributed by atoms with Gasteiger partial charge in [-0.15, -0.1) is 0 Å². The SMILES string of the molecule is CC(C)N(Cc1ccc(OCc2ccccc2)cc1)C(=O)C1CCCCC1. The minimum atomic E-state index is 0.216. The lowest BCUT2D eigenvalue weighted by Crippen LogP contribution is -2.41. The van der Waals surface area contributed by atoms with Gasteiger partial charge in [0.25, 0.3) is 0 Å². The van der Waals surface area contributed by atoms with E-state index in [4.69, 9.17) is 4.74 Å². The third-order valence-electron chi connectivity index (χ3n) is 5.39. The topological polar surface area (TPSA) is 29.5 Å². The van der Waals surface area contributed by atoms with Gasteiger partial charge in [0.15, 0.2) is 0 Å². The first kappa shape index (κ1) is 19.5. The molecule has 3 rings (SSSR count). The van der Waals surface area contributed by atoms with Gasteiger partial charge in [0, 0.05) is 18.5 Å². The Hall–Kier alpha value is -2.29. The summed E-state index contributed by atoms with van der Waals surface area (Å²) < 4.78 is 5.86. The number of carbonyl (C=O) groups is 1. The van der Waals surface area contributed by atoms with Gasteiger partial charge in [-0.2, -0.15) is 0 Å².